The van der Waals surface area contributed by atoms with E-state index in [1.54, 1.807) is 0 Å². The second kappa shape index (κ2) is 6.88. The fraction of sp³-hybridized carbons (Fsp3) is 1.00. The number of piperazine rings is 1. The molecule has 2 aliphatic rings. The largest absolute Gasteiger partial charge is 0.314 e. The predicted molar refractivity (Wildman–Crippen MR) is 78.0 cm³/mol. The van der Waals surface area contributed by atoms with Gasteiger partial charge >= 0.3 is 0 Å². The van der Waals surface area contributed by atoms with Gasteiger partial charge in [-0.25, -0.2) is 0 Å². The average Bonchev–Trinajstić information content (AvgIpc) is 2.39. The third-order valence-corrected chi connectivity index (χ3v) is 4.73. The van der Waals surface area contributed by atoms with Crippen LogP contribution in [-0.4, -0.2) is 60.6 Å². The van der Waals surface area contributed by atoms with E-state index in [-0.39, 0.29) is 0 Å². The van der Waals surface area contributed by atoms with Gasteiger partial charge in [-0.1, -0.05) is 13.3 Å². The fourth-order valence-corrected chi connectivity index (χ4v) is 3.59. The van der Waals surface area contributed by atoms with E-state index in [9.17, 15) is 0 Å². The van der Waals surface area contributed by atoms with Crippen molar-refractivity contribution in [3.63, 3.8) is 0 Å². The molecule has 0 amide bonds. The Kier molecular flexibility index (Phi) is 5.46. The predicted octanol–water partition coefficient (Wildman–Crippen LogP) is 1.93. The van der Waals surface area contributed by atoms with Gasteiger partial charge < -0.3 is 5.32 Å². The molecule has 0 aromatic heterocycles. The Morgan fingerprint density at radius 3 is 2.44 bits per heavy atom. The lowest BCUT2D eigenvalue weighted by Gasteiger charge is -2.43. The van der Waals surface area contributed by atoms with Crippen molar-refractivity contribution in [2.24, 2.45) is 0 Å². The molecule has 0 spiro atoms. The SMILES string of the molecule is CCN[C@@H]1CCC[C@H](N2CCN(C(C)C)CC2)C1. The molecule has 1 aliphatic carbocycles. The summed E-state index contributed by atoms with van der Waals surface area (Å²) in [4.78, 5) is 5.36. The molecule has 2 fully saturated rings. The normalized spacial score (nSPS) is 32.0. The van der Waals surface area contributed by atoms with Crippen LogP contribution in [0.3, 0.4) is 0 Å². The maximum Gasteiger partial charge on any atom is 0.0113 e. The van der Waals surface area contributed by atoms with Crippen molar-refractivity contribution in [1.29, 1.82) is 0 Å². The van der Waals surface area contributed by atoms with E-state index in [4.69, 9.17) is 0 Å². The minimum atomic E-state index is 0.716. The lowest BCUT2D eigenvalue weighted by Crippen LogP contribution is -2.54. The third-order valence-electron chi connectivity index (χ3n) is 4.73. The summed E-state index contributed by atoms with van der Waals surface area (Å²) in [5.41, 5.74) is 0. The van der Waals surface area contributed by atoms with Gasteiger partial charge in [0, 0.05) is 44.3 Å². The van der Waals surface area contributed by atoms with E-state index in [1.165, 1.54) is 51.9 Å². The van der Waals surface area contributed by atoms with Crippen LogP contribution in [0.2, 0.25) is 0 Å². The number of rotatable bonds is 4. The Balaban J connectivity index is 1.78. The Hall–Kier alpha value is -0.120. The zero-order valence-corrected chi connectivity index (χ0v) is 12.5. The molecule has 0 aromatic rings. The quantitative estimate of drug-likeness (QED) is 0.826. The summed E-state index contributed by atoms with van der Waals surface area (Å²) >= 11 is 0. The summed E-state index contributed by atoms with van der Waals surface area (Å²) in [6, 6.07) is 2.34. The number of nitrogens with zero attached hydrogens (tertiary/aromatic N) is 2. The standard InChI is InChI=1S/C15H31N3/c1-4-16-14-6-5-7-15(12-14)18-10-8-17(9-11-18)13(2)3/h13-16H,4-12H2,1-3H3/t14-,15+/m1/s1. The van der Waals surface area contributed by atoms with E-state index in [1.807, 2.05) is 0 Å². The topological polar surface area (TPSA) is 18.5 Å². The van der Waals surface area contributed by atoms with E-state index in [0.29, 0.717) is 6.04 Å². The lowest BCUT2D eigenvalue weighted by atomic mass is 9.89. The Bertz CT molecular complexity index is 232. The van der Waals surface area contributed by atoms with Crippen LogP contribution in [0.5, 0.6) is 0 Å². The molecule has 1 saturated heterocycles. The van der Waals surface area contributed by atoms with Crippen LogP contribution in [0.25, 0.3) is 0 Å². The van der Waals surface area contributed by atoms with Gasteiger partial charge in [0.15, 0.2) is 0 Å². The Morgan fingerprint density at radius 2 is 1.83 bits per heavy atom. The lowest BCUT2D eigenvalue weighted by molar-refractivity contribution is 0.0587. The van der Waals surface area contributed by atoms with Gasteiger partial charge in [-0.3, -0.25) is 9.80 Å². The molecule has 0 radical (unpaired) electrons. The van der Waals surface area contributed by atoms with Crippen molar-refractivity contribution < 1.29 is 0 Å². The van der Waals surface area contributed by atoms with Crippen LogP contribution >= 0.6 is 0 Å². The molecule has 3 nitrogen and oxygen atoms in total. The molecule has 1 aliphatic heterocycles. The zero-order valence-electron chi connectivity index (χ0n) is 12.5. The van der Waals surface area contributed by atoms with Crippen LogP contribution in [0.1, 0.15) is 46.5 Å². The minimum absolute atomic E-state index is 0.716. The van der Waals surface area contributed by atoms with Crippen LogP contribution in [0, 0.1) is 0 Å². The summed E-state index contributed by atoms with van der Waals surface area (Å²) in [6.07, 6.45) is 5.59. The first-order valence-corrected chi connectivity index (χ1v) is 7.92. The summed E-state index contributed by atoms with van der Waals surface area (Å²) in [5, 5.41) is 3.64. The van der Waals surface area contributed by atoms with Crippen molar-refractivity contribution in [3.05, 3.63) is 0 Å². The molecule has 3 heteroatoms. The maximum absolute atomic E-state index is 3.64. The van der Waals surface area contributed by atoms with Crippen LogP contribution < -0.4 is 5.32 Å². The summed E-state index contributed by atoms with van der Waals surface area (Å²) in [5.74, 6) is 0. The Morgan fingerprint density at radius 1 is 1.11 bits per heavy atom. The van der Waals surface area contributed by atoms with Gasteiger partial charge in [-0.05, 0) is 39.7 Å². The van der Waals surface area contributed by atoms with Gasteiger partial charge in [-0.2, -0.15) is 0 Å². The second-order valence-electron chi connectivity index (χ2n) is 6.24. The molecule has 106 valence electrons. The molecule has 1 N–H and O–H groups in total. The van der Waals surface area contributed by atoms with E-state index < -0.39 is 0 Å². The molecule has 0 bridgehead atoms. The monoisotopic (exact) mass is 253 g/mol. The highest BCUT2D eigenvalue weighted by Crippen LogP contribution is 2.24. The summed E-state index contributed by atoms with van der Waals surface area (Å²) in [6.45, 7) is 13.1. The molecule has 2 rings (SSSR count). The van der Waals surface area contributed by atoms with Crippen LogP contribution in [0.15, 0.2) is 0 Å². The fourth-order valence-electron chi connectivity index (χ4n) is 3.59. The summed E-state index contributed by atoms with van der Waals surface area (Å²) in [7, 11) is 0. The molecular formula is C15H31N3. The second-order valence-corrected chi connectivity index (χ2v) is 6.24. The zero-order chi connectivity index (χ0) is 13.0. The Labute approximate surface area is 113 Å². The highest BCUT2D eigenvalue weighted by Gasteiger charge is 2.29. The van der Waals surface area contributed by atoms with Gasteiger partial charge in [0.05, 0.1) is 0 Å². The first-order valence-electron chi connectivity index (χ1n) is 7.92. The van der Waals surface area contributed by atoms with Crippen molar-refractivity contribution in [1.82, 2.24) is 15.1 Å². The first kappa shape index (κ1) is 14.3. The highest BCUT2D eigenvalue weighted by molar-refractivity contribution is 4.86. The molecule has 0 unspecified atom stereocenters. The summed E-state index contributed by atoms with van der Waals surface area (Å²) < 4.78 is 0. The highest BCUT2D eigenvalue weighted by atomic mass is 15.3. The van der Waals surface area contributed by atoms with E-state index in [2.05, 4.69) is 35.9 Å². The van der Waals surface area contributed by atoms with Crippen molar-refractivity contribution >= 4 is 0 Å². The number of nitrogens with one attached hydrogen (secondary N) is 1. The molecule has 1 saturated carbocycles. The minimum Gasteiger partial charge on any atom is -0.314 e. The number of hydrogen-bond donors (Lipinski definition) is 1. The van der Waals surface area contributed by atoms with Crippen molar-refractivity contribution in [2.75, 3.05) is 32.7 Å². The van der Waals surface area contributed by atoms with E-state index >= 15 is 0 Å². The van der Waals surface area contributed by atoms with Gasteiger partial charge in [0.1, 0.15) is 0 Å². The first-order chi connectivity index (χ1) is 8.70. The van der Waals surface area contributed by atoms with Crippen LogP contribution in [-0.2, 0) is 0 Å². The molecule has 2 atom stereocenters. The maximum atomic E-state index is 3.64. The molecular weight excluding hydrogens is 222 g/mol. The molecule has 1 heterocycles. The molecule has 0 aromatic carbocycles. The van der Waals surface area contributed by atoms with Crippen molar-refractivity contribution in [3.8, 4) is 0 Å². The van der Waals surface area contributed by atoms with Gasteiger partial charge in [0.2, 0.25) is 0 Å². The third kappa shape index (κ3) is 3.69. The number of hydrogen-bond acceptors (Lipinski definition) is 3. The average molecular weight is 253 g/mol. The molecule has 18 heavy (non-hydrogen) atoms. The van der Waals surface area contributed by atoms with E-state index in [0.717, 1.165) is 18.6 Å². The smallest absolute Gasteiger partial charge is 0.0113 e. The van der Waals surface area contributed by atoms with Crippen LogP contribution in [0.4, 0.5) is 0 Å². The van der Waals surface area contributed by atoms with Gasteiger partial charge in [0.25, 0.3) is 0 Å². The van der Waals surface area contributed by atoms with Gasteiger partial charge in [-0.15, -0.1) is 0 Å². The van der Waals surface area contributed by atoms with Crippen molar-refractivity contribution in [2.45, 2.75) is 64.6 Å².